The van der Waals surface area contributed by atoms with E-state index in [1.807, 2.05) is 24.3 Å². The van der Waals surface area contributed by atoms with Gasteiger partial charge in [0.15, 0.2) is 6.23 Å². The zero-order valence-electron chi connectivity index (χ0n) is 10.1. The van der Waals surface area contributed by atoms with Crippen molar-refractivity contribution in [1.29, 1.82) is 0 Å². The highest BCUT2D eigenvalue weighted by Gasteiger charge is 2.15. The number of benzene rings is 2. The van der Waals surface area contributed by atoms with E-state index >= 15 is 0 Å². The number of hydrogen-bond acceptors (Lipinski definition) is 1. The number of fused-ring (bicyclic) bond motifs is 3. The van der Waals surface area contributed by atoms with Crippen LogP contribution >= 0.6 is 0 Å². The molecule has 2 nitrogen and oxygen atoms in total. The summed E-state index contributed by atoms with van der Waals surface area (Å²) in [4.78, 5) is 0. The van der Waals surface area contributed by atoms with Crippen molar-refractivity contribution in [1.82, 2.24) is 4.57 Å². The van der Waals surface area contributed by atoms with E-state index in [0.29, 0.717) is 0 Å². The molecule has 1 aromatic heterocycles. The SMILES string of the molecule is C#CC(OC)n1c2ccccc2c2ccccc21. The molecule has 1 atom stereocenters. The molecule has 3 aromatic rings. The van der Waals surface area contributed by atoms with E-state index in [4.69, 9.17) is 11.2 Å². The number of hydrogen-bond donors (Lipinski definition) is 0. The van der Waals surface area contributed by atoms with Gasteiger partial charge in [-0.2, -0.15) is 0 Å². The molecule has 2 aromatic carbocycles. The topological polar surface area (TPSA) is 14.2 Å². The van der Waals surface area contributed by atoms with Crippen LogP contribution in [0.25, 0.3) is 21.8 Å². The zero-order chi connectivity index (χ0) is 12.5. The number of terminal acetylenes is 1. The molecular weight excluding hydrogens is 222 g/mol. The van der Waals surface area contributed by atoms with Gasteiger partial charge in [0, 0.05) is 17.9 Å². The molecule has 0 spiro atoms. The first-order valence-corrected chi connectivity index (χ1v) is 5.83. The van der Waals surface area contributed by atoms with Crippen molar-refractivity contribution in [3.05, 3.63) is 48.5 Å². The van der Waals surface area contributed by atoms with Crippen molar-refractivity contribution in [3.8, 4) is 12.3 Å². The minimum atomic E-state index is -0.380. The van der Waals surface area contributed by atoms with Crippen molar-refractivity contribution in [2.45, 2.75) is 6.23 Å². The lowest BCUT2D eigenvalue weighted by molar-refractivity contribution is 0.100. The lowest BCUT2D eigenvalue weighted by Gasteiger charge is -2.13. The highest BCUT2D eigenvalue weighted by molar-refractivity contribution is 6.08. The summed E-state index contributed by atoms with van der Waals surface area (Å²) in [5.74, 6) is 2.68. The van der Waals surface area contributed by atoms with E-state index in [9.17, 15) is 0 Å². The second-order valence-corrected chi connectivity index (χ2v) is 4.16. The second kappa shape index (κ2) is 4.21. The van der Waals surface area contributed by atoms with Crippen LogP contribution in [0.4, 0.5) is 0 Å². The summed E-state index contributed by atoms with van der Waals surface area (Å²) in [6.07, 6.45) is 5.18. The minimum absolute atomic E-state index is 0.380. The maximum absolute atomic E-state index is 5.56. The highest BCUT2D eigenvalue weighted by atomic mass is 16.5. The number of aromatic nitrogens is 1. The van der Waals surface area contributed by atoms with Gasteiger partial charge in [0.05, 0.1) is 11.0 Å². The first-order valence-electron chi connectivity index (χ1n) is 5.83. The lowest BCUT2D eigenvalue weighted by atomic mass is 10.2. The summed E-state index contributed by atoms with van der Waals surface area (Å²) in [5.41, 5.74) is 2.20. The summed E-state index contributed by atoms with van der Waals surface area (Å²) in [5, 5.41) is 2.40. The average molecular weight is 235 g/mol. The van der Waals surface area contributed by atoms with Gasteiger partial charge >= 0.3 is 0 Å². The Morgan fingerprint density at radius 3 is 1.94 bits per heavy atom. The van der Waals surface area contributed by atoms with Crippen molar-refractivity contribution < 1.29 is 4.74 Å². The standard InChI is InChI=1S/C16H13NO/c1-3-16(18-2)17-14-10-6-4-8-12(14)13-9-5-7-11-15(13)17/h1,4-11,16H,2H3. The van der Waals surface area contributed by atoms with Crippen LogP contribution in [0.5, 0.6) is 0 Å². The van der Waals surface area contributed by atoms with Crippen LogP contribution < -0.4 is 0 Å². The molecule has 0 saturated carbocycles. The molecule has 88 valence electrons. The van der Waals surface area contributed by atoms with Gasteiger partial charge < -0.3 is 9.30 Å². The van der Waals surface area contributed by atoms with Crippen molar-refractivity contribution >= 4 is 21.8 Å². The van der Waals surface area contributed by atoms with Crippen LogP contribution in [0.15, 0.2) is 48.5 Å². The maximum atomic E-state index is 5.56. The van der Waals surface area contributed by atoms with Crippen LogP contribution in [0, 0.1) is 12.3 Å². The number of nitrogens with zero attached hydrogens (tertiary/aromatic N) is 1. The van der Waals surface area contributed by atoms with E-state index in [2.05, 4.69) is 34.8 Å². The van der Waals surface area contributed by atoms with Gasteiger partial charge in [-0.05, 0) is 12.1 Å². The molecule has 18 heavy (non-hydrogen) atoms. The third-order valence-electron chi connectivity index (χ3n) is 3.22. The molecule has 1 unspecified atom stereocenters. The Morgan fingerprint density at radius 2 is 1.50 bits per heavy atom. The van der Waals surface area contributed by atoms with Crippen molar-refractivity contribution in [3.63, 3.8) is 0 Å². The van der Waals surface area contributed by atoms with E-state index < -0.39 is 0 Å². The summed E-state index contributed by atoms with van der Waals surface area (Å²) in [6.45, 7) is 0. The van der Waals surface area contributed by atoms with Gasteiger partial charge in [-0.25, -0.2) is 0 Å². The fraction of sp³-hybridized carbons (Fsp3) is 0.125. The Morgan fingerprint density at radius 1 is 1.00 bits per heavy atom. The molecule has 0 N–H and O–H groups in total. The molecule has 0 aliphatic heterocycles. The Balaban J connectivity index is 2.49. The minimum Gasteiger partial charge on any atom is -0.350 e. The molecule has 0 amide bonds. The molecule has 0 saturated heterocycles. The highest BCUT2D eigenvalue weighted by Crippen LogP contribution is 2.31. The number of para-hydroxylation sites is 2. The van der Waals surface area contributed by atoms with E-state index in [0.717, 1.165) is 11.0 Å². The summed E-state index contributed by atoms with van der Waals surface area (Å²) < 4.78 is 7.45. The van der Waals surface area contributed by atoms with E-state index in [-0.39, 0.29) is 6.23 Å². The van der Waals surface area contributed by atoms with Gasteiger partial charge in [0.25, 0.3) is 0 Å². The molecule has 1 heterocycles. The van der Waals surface area contributed by atoms with Gasteiger partial charge in [-0.15, -0.1) is 6.42 Å². The monoisotopic (exact) mass is 235 g/mol. The molecular formula is C16H13NO. The number of rotatable bonds is 2. The first-order chi connectivity index (χ1) is 8.86. The Labute approximate surface area is 106 Å². The van der Waals surface area contributed by atoms with Gasteiger partial charge in [-0.1, -0.05) is 42.3 Å². The normalized spacial score (nSPS) is 12.7. The Hall–Kier alpha value is -2.24. The first kappa shape index (κ1) is 10.9. The van der Waals surface area contributed by atoms with E-state index in [1.165, 1.54) is 10.8 Å². The third-order valence-corrected chi connectivity index (χ3v) is 3.22. The molecule has 0 fully saturated rings. The van der Waals surface area contributed by atoms with Gasteiger partial charge in [-0.3, -0.25) is 0 Å². The average Bonchev–Trinajstić information content (AvgIpc) is 2.76. The smallest absolute Gasteiger partial charge is 0.197 e. The van der Waals surface area contributed by atoms with Crippen LogP contribution in [-0.2, 0) is 4.74 Å². The van der Waals surface area contributed by atoms with Crippen LogP contribution in [0.1, 0.15) is 6.23 Å². The predicted octanol–water partition coefficient (Wildman–Crippen LogP) is 3.57. The number of methoxy groups -OCH3 is 1. The van der Waals surface area contributed by atoms with Crippen molar-refractivity contribution in [2.75, 3.05) is 7.11 Å². The Bertz CT molecular complexity index is 695. The lowest BCUT2D eigenvalue weighted by Crippen LogP contribution is -2.08. The van der Waals surface area contributed by atoms with Crippen LogP contribution in [0.2, 0.25) is 0 Å². The van der Waals surface area contributed by atoms with Gasteiger partial charge in [0.1, 0.15) is 0 Å². The second-order valence-electron chi connectivity index (χ2n) is 4.16. The largest absolute Gasteiger partial charge is 0.350 e. The molecule has 2 heteroatoms. The van der Waals surface area contributed by atoms with Crippen LogP contribution in [0.3, 0.4) is 0 Å². The number of ether oxygens (including phenoxy) is 1. The molecule has 0 aliphatic carbocycles. The van der Waals surface area contributed by atoms with Gasteiger partial charge in [0.2, 0.25) is 0 Å². The summed E-state index contributed by atoms with van der Waals surface area (Å²) in [7, 11) is 1.63. The maximum Gasteiger partial charge on any atom is 0.197 e. The molecule has 0 radical (unpaired) electrons. The fourth-order valence-electron chi connectivity index (χ4n) is 2.45. The van der Waals surface area contributed by atoms with Crippen LogP contribution in [-0.4, -0.2) is 11.7 Å². The zero-order valence-corrected chi connectivity index (χ0v) is 10.1. The van der Waals surface area contributed by atoms with Crippen molar-refractivity contribution in [2.24, 2.45) is 0 Å². The quantitative estimate of drug-likeness (QED) is 0.619. The molecule has 3 rings (SSSR count). The fourth-order valence-corrected chi connectivity index (χ4v) is 2.45. The van der Waals surface area contributed by atoms with E-state index in [1.54, 1.807) is 7.11 Å². The third kappa shape index (κ3) is 1.42. The summed E-state index contributed by atoms with van der Waals surface area (Å²) >= 11 is 0. The predicted molar refractivity (Wildman–Crippen MR) is 74.3 cm³/mol. The molecule has 0 aliphatic rings. The Kier molecular flexibility index (Phi) is 2.55. The summed E-state index contributed by atoms with van der Waals surface area (Å²) in [6, 6.07) is 16.5. The molecule has 0 bridgehead atoms.